The number of amides is 1. The number of hydrogen-bond donors (Lipinski definition) is 2. The molecule has 0 saturated carbocycles. The number of nitrogens with two attached hydrogens (primary N) is 2. The molecule has 4 N–H and O–H groups in total. The van der Waals surface area contributed by atoms with Crippen molar-refractivity contribution >= 4 is 52.2 Å². The van der Waals surface area contributed by atoms with Crippen molar-refractivity contribution in [1.82, 2.24) is 0 Å². The maximum Gasteiger partial charge on any atom is 0.280 e. The maximum absolute atomic E-state index is 11.7. The number of aliphatic imine (C=N–C) groups is 1. The first kappa shape index (κ1) is 28.7. The molecule has 2 aromatic rings. The first-order chi connectivity index (χ1) is 16.3. The van der Waals surface area contributed by atoms with Gasteiger partial charge >= 0.3 is 0 Å². The number of carbonyl (C=O) groups is 2. The summed E-state index contributed by atoms with van der Waals surface area (Å²) in [6, 6.07) is 5.51. The molecule has 0 aromatic heterocycles. The Morgan fingerprint density at radius 2 is 1.26 bits per heavy atom. The number of nitro groups is 2. The van der Waals surface area contributed by atoms with Crippen molar-refractivity contribution < 1.29 is 19.4 Å². The number of hydrogen-bond acceptors (Lipinski definition) is 6. The fourth-order valence-electron chi connectivity index (χ4n) is 3.00. The number of allylic oxidation sites excluding steroid dienone is 2. The molecule has 2 aromatic carbocycles. The van der Waals surface area contributed by atoms with Crippen molar-refractivity contribution in [3.63, 3.8) is 0 Å². The van der Waals surface area contributed by atoms with Crippen molar-refractivity contribution in [2.75, 3.05) is 0 Å². The lowest BCUT2D eigenvalue weighted by Crippen LogP contribution is -2.24. The summed E-state index contributed by atoms with van der Waals surface area (Å²) in [5.74, 6) is -1.09. The minimum absolute atomic E-state index is 0.105. The van der Waals surface area contributed by atoms with E-state index in [2.05, 4.69) is 4.99 Å². The Morgan fingerprint density at radius 3 is 1.60 bits per heavy atom. The van der Waals surface area contributed by atoms with Crippen LogP contribution in [0.25, 0.3) is 12.2 Å². The van der Waals surface area contributed by atoms with E-state index in [0.29, 0.717) is 22.3 Å². The van der Waals surface area contributed by atoms with Crippen molar-refractivity contribution in [1.29, 1.82) is 0 Å². The number of guanidine groups is 1. The summed E-state index contributed by atoms with van der Waals surface area (Å²) >= 11 is 5.33. The van der Waals surface area contributed by atoms with Gasteiger partial charge in [-0.25, -0.2) is 0 Å². The molecule has 0 atom stereocenters. The number of aryl methyl sites for hydroxylation is 2. The molecule has 184 valence electrons. The van der Waals surface area contributed by atoms with Crippen LogP contribution in [0.4, 0.5) is 11.4 Å². The number of halogens is 1. The fourth-order valence-corrected chi connectivity index (χ4v) is 3.20. The van der Waals surface area contributed by atoms with Crippen molar-refractivity contribution in [3.8, 4) is 0 Å². The molecule has 0 aliphatic heterocycles. The molecule has 0 unspecified atom stereocenters. The molecular weight excluding hydrogens is 478 g/mol. The Balaban J connectivity index is 0.000000355. The van der Waals surface area contributed by atoms with Crippen LogP contribution in [0.3, 0.4) is 0 Å². The first-order valence-corrected chi connectivity index (χ1v) is 10.4. The predicted octanol–water partition coefficient (Wildman–Crippen LogP) is 4.67. The number of benzene rings is 2. The van der Waals surface area contributed by atoms with Gasteiger partial charge in [-0.2, -0.15) is 4.99 Å². The number of nitro benzene ring substituents is 2. The minimum Gasteiger partial charge on any atom is -0.370 e. The smallest absolute Gasteiger partial charge is 0.280 e. The predicted molar refractivity (Wildman–Crippen MR) is 135 cm³/mol. The van der Waals surface area contributed by atoms with Crippen molar-refractivity contribution in [3.05, 3.63) is 90.0 Å². The van der Waals surface area contributed by atoms with Gasteiger partial charge < -0.3 is 11.5 Å². The molecule has 35 heavy (non-hydrogen) atoms. The van der Waals surface area contributed by atoms with E-state index in [9.17, 15) is 29.8 Å². The lowest BCUT2D eigenvalue weighted by molar-refractivity contribution is -0.385. The zero-order valence-corrected chi connectivity index (χ0v) is 20.2. The molecular formula is C23H24ClN5O6. The van der Waals surface area contributed by atoms with Crippen LogP contribution in [0.5, 0.6) is 0 Å². The molecule has 0 bridgehead atoms. The average Bonchev–Trinajstić information content (AvgIpc) is 2.73. The third kappa shape index (κ3) is 7.86. The van der Waals surface area contributed by atoms with E-state index in [1.54, 1.807) is 64.1 Å². The highest BCUT2D eigenvalue weighted by atomic mass is 35.5. The molecule has 12 heteroatoms. The van der Waals surface area contributed by atoms with Gasteiger partial charge in [0.05, 0.1) is 26.5 Å². The third-order valence-electron chi connectivity index (χ3n) is 4.51. The summed E-state index contributed by atoms with van der Waals surface area (Å²) in [5, 5.41) is 21.1. The highest BCUT2D eigenvalue weighted by Gasteiger charge is 2.19. The average molecular weight is 502 g/mol. The van der Waals surface area contributed by atoms with Crippen LogP contribution >= 0.6 is 11.6 Å². The summed E-state index contributed by atoms with van der Waals surface area (Å²) in [4.78, 5) is 46.8. The Labute approximate surface area is 206 Å². The van der Waals surface area contributed by atoms with E-state index in [4.69, 9.17) is 23.1 Å². The van der Waals surface area contributed by atoms with E-state index >= 15 is 0 Å². The molecule has 0 radical (unpaired) electrons. The molecule has 0 saturated heterocycles. The van der Waals surface area contributed by atoms with Gasteiger partial charge in [0.15, 0.2) is 5.96 Å². The van der Waals surface area contributed by atoms with Crippen LogP contribution in [0.15, 0.2) is 41.4 Å². The summed E-state index contributed by atoms with van der Waals surface area (Å²) in [6.45, 7) is 6.86. The Kier molecular flexibility index (Phi) is 10.4. The summed E-state index contributed by atoms with van der Waals surface area (Å²) in [5.41, 5.74) is 12.3. The highest BCUT2D eigenvalue weighted by molar-refractivity contribution is 6.68. The van der Waals surface area contributed by atoms with Gasteiger partial charge in [-0.3, -0.25) is 29.8 Å². The molecule has 11 nitrogen and oxygen atoms in total. The SMILES string of the molecule is CC=Cc1cc(C)c(C(=O)Cl)cc1[N+](=O)[O-].CC=Cc1cc(C)c(C(=O)N=C(N)N)cc1[N+](=O)[O-]. The Bertz CT molecular complexity index is 1260. The lowest BCUT2D eigenvalue weighted by atomic mass is 10.0. The lowest BCUT2D eigenvalue weighted by Gasteiger charge is -2.05. The second kappa shape index (κ2) is 12.8. The number of carbonyl (C=O) groups excluding carboxylic acids is 2. The number of nitrogens with zero attached hydrogens (tertiary/aromatic N) is 3. The van der Waals surface area contributed by atoms with Crippen molar-refractivity contribution in [2.45, 2.75) is 27.7 Å². The van der Waals surface area contributed by atoms with Gasteiger partial charge in [-0.05, 0) is 62.6 Å². The standard InChI is InChI=1S/C12H14N4O3.C11H10ClNO3/c1-3-4-8-5-7(2)9(6-10(8)16(18)19)11(17)15-12(13)14;1-3-4-8-5-7(2)9(11(12)14)6-10(8)13(15)16/h3-6H,1-2H3,(H4,13,14,15,17);3-6H,1-2H3. The van der Waals surface area contributed by atoms with Crippen LogP contribution in [0, 0.1) is 34.1 Å². The molecule has 0 spiro atoms. The van der Waals surface area contributed by atoms with E-state index < -0.39 is 21.0 Å². The van der Waals surface area contributed by atoms with E-state index in [1.807, 2.05) is 0 Å². The van der Waals surface area contributed by atoms with Crippen LogP contribution in [-0.4, -0.2) is 27.0 Å². The van der Waals surface area contributed by atoms with Gasteiger partial charge in [0.25, 0.3) is 22.5 Å². The summed E-state index contributed by atoms with van der Waals surface area (Å²) < 4.78 is 0. The molecule has 1 amide bonds. The molecule has 0 aliphatic rings. The highest BCUT2D eigenvalue weighted by Crippen LogP contribution is 2.26. The normalized spacial score (nSPS) is 10.5. The van der Waals surface area contributed by atoms with E-state index in [1.165, 1.54) is 12.1 Å². The molecule has 0 heterocycles. The Morgan fingerprint density at radius 1 is 0.857 bits per heavy atom. The zero-order valence-electron chi connectivity index (χ0n) is 19.4. The summed E-state index contributed by atoms with van der Waals surface area (Å²) in [6.07, 6.45) is 6.59. The largest absolute Gasteiger partial charge is 0.370 e. The topological polar surface area (TPSA) is 185 Å². The van der Waals surface area contributed by atoms with Gasteiger partial charge in [-0.15, -0.1) is 0 Å². The first-order valence-electron chi connectivity index (χ1n) is 10.0. The third-order valence-corrected chi connectivity index (χ3v) is 4.71. The molecule has 0 aliphatic carbocycles. The Hall–Kier alpha value is -4.38. The van der Waals surface area contributed by atoms with E-state index in [-0.39, 0.29) is 28.5 Å². The quantitative estimate of drug-likeness (QED) is 0.188. The monoisotopic (exact) mass is 501 g/mol. The second-order valence-electron chi connectivity index (χ2n) is 7.08. The van der Waals surface area contributed by atoms with Gasteiger partial charge in [0.1, 0.15) is 0 Å². The van der Waals surface area contributed by atoms with E-state index in [0.717, 1.165) is 0 Å². The number of rotatable bonds is 6. The van der Waals surface area contributed by atoms with Crippen LogP contribution < -0.4 is 11.5 Å². The maximum atomic E-state index is 11.7. The fraction of sp³-hybridized carbons (Fsp3) is 0.174. The second-order valence-corrected chi connectivity index (χ2v) is 7.42. The van der Waals surface area contributed by atoms with Gasteiger partial charge in [0, 0.05) is 17.7 Å². The van der Waals surface area contributed by atoms with Crippen molar-refractivity contribution in [2.24, 2.45) is 16.5 Å². The zero-order chi connectivity index (χ0) is 26.9. The molecule has 0 fully saturated rings. The van der Waals surface area contributed by atoms with Crippen LogP contribution in [0.1, 0.15) is 56.8 Å². The summed E-state index contributed by atoms with van der Waals surface area (Å²) in [7, 11) is 0. The van der Waals surface area contributed by atoms with Gasteiger partial charge in [-0.1, -0.05) is 24.3 Å². The minimum atomic E-state index is -0.701. The van der Waals surface area contributed by atoms with Gasteiger partial charge in [0.2, 0.25) is 0 Å². The van der Waals surface area contributed by atoms with Crippen LogP contribution in [-0.2, 0) is 0 Å². The molecule has 2 rings (SSSR count). The van der Waals surface area contributed by atoms with Crippen LogP contribution in [0.2, 0.25) is 0 Å².